The van der Waals surface area contributed by atoms with Crippen molar-refractivity contribution in [1.29, 1.82) is 0 Å². The summed E-state index contributed by atoms with van der Waals surface area (Å²) in [5.74, 6) is -0.264. The van der Waals surface area contributed by atoms with Gasteiger partial charge in [0.2, 0.25) is 0 Å². The Morgan fingerprint density at radius 1 is 1.38 bits per heavy atom. The first-order valence-electron chi connectivity index (χ1n) is 4.73. The number of H-pyrrole nitrogens is 1. The van der Waals surface area contributed by atoms with Gasteiger partial charge in [0.1, 0.15) is 5.82 Å². The minimum Gasteiger partial charge on any atom is -0.335 e. The summed E-state index contributed by atoms with van der Waals surface area (Å²) in [5, 5.41) is 0. The van der Waals surface area contributed by atoms with Crippen LogP contribution in [0.1, 0.15) is 11.3 Å². The third kappa shape index (κ3) is 1.97. The minimum absolute atomic E-state index is 0.264. The molecule has 16 heavy (non-hydrogen) atoms. The molecule has 1 aromatic heterocycles. The maximum Gasteiger partial charge on any atom is 0.181 e. The number of nitrogens with one attached hydrogen (secondary N) is 1. The average molecular weight is 301 g/mol. The molecule has 0 aliphatic heterocycles. The SMILES string of the molecule is Cc1cn(-c2cc(Br)c(F)cc2C)c(=S)[nH]1. The fourth-order valence-electron chi connectivity index (χ4n) is 1.59. The van der Waals surface area contributed by atoms with Crippen LogP contribution in [0, 0.1) is 24.4 Å². The summed E-state index contributed by atoms with van der Waals surface area (Å²) < 4.78 is 16.2. The number of imidazole rings is 1. The lowest BCUT2D eigenvalue weighted by Gasteiger charge is -2.08. The van der Waals surface area contributed by atoms with E-state index in [1.165, 1.54) is 6.07 Å². The third-order valence-electron chi connectivity index (χ3n) is 2.34. The van der Waals surface area contributed by atoms with Crippen LogP contribution in [-0.4, -0.2) is 9.55 Å². The van der Waals surface area contributed by atoms with Gasteiger partial charge in [0.25, 0.3) is 0 Å². The van der Waals surface area contributed by atoms with Crippen molar-refractivity contribution in [2.75, 3.05) is 0 Å². The summed E-state index contributed by atoms with van der Waals surface area (Å²) in [6, 6.07) is 3.22. The molecule has 0 aliphatic rings. The molecule has 2 nitrogen and oxygen atoms in total. The highest BCUT2D eigenvalue weighted by Crippen LogP contribution is 2.23. The van der Waals surface area contributed by atoms with Crippen molar-refractivity contribution in [3.63, 3.8) is 0 Å². The molecule has 0 bridgehead atoms. The van der Waals surface area contributed by atoms with Crippen LogP contribution in [0.3, 0.4) is 0 Å². The maximum atomic E-state index is 13.3. The number of benzene rings is 1. The van der Waals surface area contributed by atoms with Crippen LogP contribution in [0.25, 0.3) is 5.69 Å². The van der Waals surface area contributed by atoms with E-state index in [1.54, 1.807) is 6.07 Å². The van der Waals surface area contributed by atoms with Gasteiger partial charge in [-0.1, -0.05) is 0 Å². The van der Waals surface area contributed by atoms with E-state index in [0.29, 0.717) is 9.24 Å². The van der Waals surface area contributed by atoms with Gasteiger partial charge in [-0.3, -0.25) is 4.57 Å². The first kappa shape index (κ1) is 11.5. The van der Waals surface area contributed by atoms with Gasteiger partial charge in [-0.2, -0.15) is 0 Å². The van der Waals surface area contributed by atoms with Crippen LogP contribution >= 0.6 is 28.1 Å². The second-order valence-corrected chi connectivity index (χ2v) is 4.91. The number of aryl methyl sites for hydroxylation is 2. The van der Waals surface area contributed by atoms with Crippen molar-refractivity contribution in [2.24, 2.45) is 0 Å². The Hall–Kier alpha value is -0.940. The summed E-state index contributed by atoms with van der Waals surface area (Å²) >= 11 is 8.37. The number of hydrogen-bond donors (Lipinski definition) is 1. The standard InChI is InChI=1S/C11H10BrFN2S/c1-6-3-9(13)8(12)4-10(6)15-5-7(2)14-11(15)16/h3-5H,1-2H3,(H,14,16). The fourth-order valence-corrected chi connectivity index (χ4v) is 2.23. The number of aromatic nitrogens is 2. The van der Waals surface area contributed by atoms with Gasteiger partial charge >= 0.3 is 0 Å². The second-order valence-electron chi connectivity index (χ2n) is 3.67. The highest BCUT2D eigenvalue weighted by Gasteiger charge is 2.08. The van der Waals surface area contributed by atoms with E-state index >= 15 is 0 Å². The lowest BCUT2D eigenvalue weighted by Crippen LogP contribution is -1.97. The lowest BCUT2D eigenvalue weighted by atomic mass is 10.2. The van der Waals surface area contributed by atoms with Gasteiger partial charge < -0.3 is 4.98 Å². The highest BCUT2D eigenvalue weighted by molar-refractivity contribution is 9.10. The Morgan fingerprint density at radius 3 is 2.62 bits per heavy atom. The second kappa shape index (κ2) is 4.14. The molecule has 0 aliphatic carbocycles. The van der Waals surface area contributed by atoms with Crippen molar-refractivity contribution in [2.45, 2.75) is 13.8 Å². The Bertz CT molecular complexity index is 601. The van der Waals surface area contributed by atoms with Crippen LogP contribution < -0.4 is 0 Å². The van der Waals surface area contributed by atoms with Crippen LogP contribution in [0.4, 0.5) is 4.39 Å². The zero-order valence-corrected chi connectivity index (χ0v) is 11.2. The predicted octanol–water partition coefficient (Wildman–Crippen LogP) is 4.05. The molecule has 0 fully saturated rings. The maximum absolute atomic E-state index is 13.3. The predicted molar refractivity (Wildman–Crippen MR) is 68.1 cm³/mol. The normalized spacial score (nSPS) is 10.8. The molecule has 0 saturated carbocycles. The topological polar surface area (TPSA) is 20.7 Å². The molecule has 1 N–H and O–H groups in total. The monoisotopic (exact) mass is 300 g/mol. The van der Waals surface area contributed by atoms with E-state index in [9.17, 15) is 4.39 Å². The number of aromatic amines is 1. The van der Waals surface area contributed by atoms with E-state index in [-0.39, 0.29) is 5.82 Å². The van der Waals surface area contributed by atoms with Crippen LogP contribution in [0.2, 0.25) is 0 Å². The van der Waals surface area contributed by atoms with Gasteiger partial charge in [-0.05, 0) is 59.7 Å². The molecule has 5 heteroatoms. The average Bonchev–Trinajstić information content (AvgIpc) is 2.51. The Labute approximate surface area is 106 Å². The van der Waals surface area contributed by atoms with Gasteiger partial charge in [-0.25, -0.2) is 4.39 Å². The summed E-state index contributed by atoms with van der Waals surface area (Å²) in [6.45, 7) is 3.79. The summed E-state index contributed by atoms with van der Waals surface area (Å²) in [4.78, 5) is 3.04. The lowest BCUT2D eigenvalue weighted by molar-refractivity contribution is 0.619. The van der Waals surface area contributed by atoms with Gasteiger partial charge in [0, 0.05) is 11.9 Å². The molecule has 0 radical (unpaired) electrons. The van der Waals surface area contributed by atoms with Crippen molar-refractivity contribution in [3.05, 3.63) is 44.6 Å². The number of nitrogens with zero attached hydrogens (tertiary/aromatic N) is 1. The van der Waals surface area contributed by atoms with E-state index in [2.05, 4.69) is 20.9 Å². The zero-order valence-electron chi connectivity index (χ0n) is 8.84. The first-order valence-corrected chi connectivity index (χ1v) is 5.93. The molecular formula is C11H10BrFN2S. The Kier molecular flexibility index (Phi) is 2.99. The molecule has 2 rings (SSSR count). The molecule has 1 heterocycles. The summed E-state index contributed by atoms with van der Waals surface area (Å²) in [5.41, 5.74) is 2.70. The smallest absolute Gasteiger partial charge is 0.181 e. The van der Waals surface area contributed by atoms with Crippen molar-refractivity contribution >= 4 is 28.1 Å². The molecule has 0 spiro atoms. The van der Waals surface area contributed by atoms with E-state index in [4.69, 9.17) is 12.2 Å². The first-order chi connectivity index (χ1) is 7.49. The molecule has 0 amide bonds. The van der Waals surface area contributed by atoms with Crippen molar-refractivity contribution in [3.8, 4) is 5.69 Å². The summed E-state index contributed by atoms with van der Waals surface area (Å²) in [6.07, 6.45) is 1.90. The highest BCUT2D eigenvalue weighted by atomic mass is 79.9. The molecule has 0 saturated heterocycles. The zero-order chi connectivity index (χ0) is 11.9. The largest absolute Gasteiger partial charge is 0.335 e. The molecule has 1 aromatic carbocycles. The van der Waals surface area contributed by atoms with Gasteiger partial charge in [0.05, 0.1) is 10.2 Å². The van der Waals surface area contributed by atoms with E-state index < -0.39 is 0 Å². The quantitative estimate of drug-likeness (QED) is 0.788. The van der Waals surface area contributed by atoms with Crippen LogP contribution in [-0.2, 0) is 0 Å². The van der Waals surface area contributed by atoms with E-state index in [0.717, 1.165) is 16.9 Å². The number of rotatable bonds is 1. The number of halogens is 2. The molecule has 0 atom stereocenters. The van der Waals surface area contributed by atoms with Crippen LogP contribution in [0.5, 0.6) is 0 Å². The number of hydrogen-bond acceptors (Lipinski definition) is 1. The van der Waals surface area contributed by atoms with Crippen LogP contribution in [0.15, 0.2) is 22.8 Å². The van der Waals surface area contributed by atoms with E-state index in [1.807, 2.05) is 24.6 Å². The minimum atomic E-state index is -0.264. The molecule has 84 valence electrons. The van der Waals surface area contributed by atoms with Crippen molar-refractivity contribution in [1.82, 2.24) is 9.55 Å². The molecule has 2 aromatic rings. The Morgan fingerprint density at radius 2 is 2.06 bits per heavy atom. The molecule has 0 unspecified atom stereocenters. The third-order valence-corrected chi connectivity index (χ3v) is 3.25. The summed E-state index contributed by atoms with van der Waals surface area (Å²) in [7, 11) is 0. The molecular weight excluding hydrogens is 291 g/mol. The van der Waals surface area contributed by atoms with Crippen molar-refractivity contribution < 1.29 is 4.39 Å². The fraction of sp³-hybridized carbons (Fsp3) is 0.182. The van der Waals surface area contributed by atoms with Gasteiger partial charge in [0.15, 0.2) is 4.77 Å². The van der Waals surface area contributed by atoms with Gasteiger partial charge in [-0.15, -0.1) is 0 Å². The Balaban J connectivity index is 2.69.